The van der Waals surface area contributed by atoms with Gasteiger partial charge in [0.05, 0.1) is 44.2 Å². The van der Waals surface area contributed by atoms with Gasteiger partial charge in [0.25, 0.3) is 0 Å². The highest BCUT2D eigenvalue weighted by Gasteiger charge is 2.27. The summed E-state index contributed by atoms with van der Waals surface area (Å²) in [6.45, 7) is 1.53. The van der Waals surface area contributed by atoms with E-state index in [9.17, 15) is 9.59 Å². The average Bonchev–Trinajstić information content (AvgIpc) is 2.93. The van der Waals surface area contributed by atoms with E-state index in [1.807, 2.05) is 24.3 Å². The van der Waals surface area contributed by atoms with Crippen LogP contribution in [0.2, 0.25) is 0 Å². The lowest BCUT2D eigenvalue weighted by atomic mass is 10.0. The van der Waals surface area contributed by atoms with Crippen molar-refractivity contribution in [1.29, 1.82) is 0 Å². The number of carbonyl (C=O) groups is 2. The molecule has 0 radical (unpaired) electrons. The quantitative estimate of drug-likeness (QED) is 0.330. The Morgan fingerprint density at radius 3 is 2.08 bits per heavy atom. The number of esters is 2. The van der Waals surface area contributed by atoms with Crippen molar-refractivity contribution in [1.82, 2.24) is 9.97 Å². The van der Waals surface area contributed by atoms with Crippen LogP contribution in [0.4, 0.5) is 0 Å². The van der Waals surface area contributed by atoms with Crippen molar-refractivity contribution in [3.05, 3.63) is 59.2 Å². The Morgan fingerprint density at radius 2 is 1.53 bits per heavy atom. The molecule has 2 aliphatic rings. The summed E-state index contributed by atoms with van der Waals surface area (Å²) in [4.78, 5) is 31.2. The molecule has 4 heterocycles. The second-order valence-electron chi connectivity index (χ2n) is 8.37. The number of aromatic nitrogens is 2. The number of pyridine rings is 2. The van der Waals surface area contributed by atoms with Crippen molar-refractivity contribution in [2.75, 3.05) is 27.4 Å². The molecule has 0 N–H and O–H groups in total. The van der Waals surface area contributed by atoms with Crippen molar-refractivity contribution in [3.63, 3.8) is 0 Å². The zero-order valence-electron chi connectivity index (χ0n) is 20.3. The van der Waals surface area contributed by atoms with Crippen LogP contribution in [-0.2, 0) is 35.0 Å². The molecule has 0 bridgehead atoms. The molecule has 9 heteroatoms. The predicted octanol–water partition coefficient (Wildman–Crippen LogP) is 5.61. The number of methoxy groups -OCH3 is 2. The van der Waals surface area contributed by atoms with Crippen LogP contribution in [0.3, 0.4) is 0 Å². The third-order valence-electron chi connectivity index (χ3n) is 6.01. The molecule has 198 valence electrons. The third kappa shape index (κ3) is 8.35. The van der Waals surface area contributed by atoms with Gasteiger partial charge in [-0.25, -0.2) is 0 Å². The molecule has 0 spiro atoms. The van der Waals surface area contributed by atoms with E-state index in [0.717, 1.165) is 74.3 Å². The van der Waals surface area contributed by atoms with Gasteiger partial charge >= 0.3 is 11.9 Å². The van der Waals surface area contributed by atoms with E-state index in [1.165, 1.54) is 14.2 Å². The summed E-state index contributed by atoms with van der Waals surface area (Å²) in [7, 11) is 2.78. The summed E-state index contributed by atoms with van der Waals surface area (Å²) in [6, 6.07) is 7.46. The van der Waals surface area contributed by atoms with Gasteiger partial charge in [-0.2, -0.15) is 0 Å². The van der Waals surface area contributed by atoms with Gasteiger partial charge < -0.3 is 18.9 Å². The van der Waals surface area contributed by atoms with Crippen molar-refractivity contribution < 1.29 is 28.5 Å². The first-order chi connectivity index (χ1) is 17.0. The lowest BCUT2D eigenvalue weighted by Crippen LogP contribution is -2.17. The molecule has 2 aliphatic heterocycles. The largest absolute Gasteiger partial charge is 0.469 e. The van der Waals surface area contributed by atoms with Crippen molar-refractivity contribution in [3.8, 4) is 0 Å². The maximum Gasteiger partial charge on any atom is 0.324 e. The Morgan fingerprint density at radius 1 is 0.944 bits per heavy atom. The highest BCUT2D eigenvalue weighted by molar-refractivity contribution is 9.09. The van der Waals surface area contributed by atoms with E-state index in [1.54, 1.807) is 12.4 Å². The van der Waals surface area contributed by atoms with Gasteiger partial charge in [-0.3, -0.25) is 19.6 Å². The van der Waals surface area contributed by atoms with Gasteiger partial charge in [0, 0.05) is 31.2 Å². The SMILES string of the molecule is C.COC(=O)C(Br)c1cccnc1C1CCCCO1.COC(=O)Cc1cccnc1C1CCCCO1. The van der Waals surface area contributed by atoms with Gasteiger partial charge in [-0.15, -0.1) is 0 Å². The van der Waals surface area contributed by atoms with Crippen LogP contribution in [0.1, 0.15) is 85.5 Å². The molecule has 0 aliphatic carbocycles. The number of ether oxygens (including phenoxy) is 4. The molecular weight excluding hydrogens is 528 g/mol. The van der Waals surface area contributed by atoms with Crippen LogP contribution in [0.5, 0.6) is 0 Å². The number of nitrogens with zero attached hydrogens (tertiary/aromatic N) is 2. The summed E-state index contributed by atoms with van der Waals surface area (Å²) in [5.41, 5.74) is 3.46. The zero-order valence-corrected chi connectivity index (χ0v) is 21.9. The van der Waals surface area contributed by atoms with Gasteiger partial charge in [-0.05, 0) is 56.2 Å². The molecule has 36 heavy (non-hydrogen) atoms. The minimum absolute atomic E-state index is 0. The van der Waals surface area contributed by atoms with Crippen molar-refractivity contribution >= 4 is 27.9 Å². The summed E-state index contributed by atoms with van der Waals surface area (Å²) < 4.78 is 20.9. The van der Waals surface area contributed by atoms with E-state index in [2.05, 4.69) is 30.6 Å². The highest BCUT2D eigenvalue weighted by Crippen LogP contribution is 2.34. The molecule has 0 aromatic carbocycles. The summed E-state index contributed by atoms with van der Waals surface area (Å²) in [5.74, 6) is -0.560. The first-order valence-corrected chi connectivity index (χ1v) is 12.9. The maximum atomic E-state index is 11.6. The van der Waals surface area contributed by atoms with Crippen LogP contribution in [-0.4, -0.2) is 49.3 Å². The Bertz CT molecular complexity index is 961. The highest BCUT2D eigenvalue weighted by atomic mass is 79.9. The molecule has 8 nitrogen and oxygen atoms in total. The summed E-state index contributed by atoms with van der Waals surface area (Å²) in [6.07, 6.45) is 10.2. The zero-order chi connectivity index (χ0) is 25.0. The van der Waals surface area contributed by atoms with Gasteiger partial charge in [0.1, 0.15) is 4.83 Å². The number of rotatable bonds is 6. The second kappa shape index (κ2) is 15.7. The molecule has 4 rings (SSSR count). The van der Waals surface area contributed by atoms with Crippen LogP contribution < -0.4 is 0 Å². The second-order valence-corrected chi connectivity index (χ2v) is 9.29. The van der Waals surface area contributed by atoms with Crippen LogP contribution in [0, 0.1) is 0 Å². The molecule has 0 amide bonds. The number of halogens is 1. The number of carbonyl (C=O) groups excluding carboxylic acids is 2. The topological polar surface area (TPSA) is 96.8 Å². The lowest BCUT2D eigenvalue weighted by Gasteiger charge is -2.24. The van der Waals surface area contributed by atoms with E-state index < -0.39 is 4.83 Å². The Hall–Kier alpha value is -2.36. The molecule has 2 aromatic heterocycles. The van der Waals surface area contributed by atoms with Gasteiger partial charge in [0.2, 0.25) is 0 Å². The first-order valence-electron chi connectivity index (χ1n) is 12.0. The van der Waals surface area contributed by atoms with Crippen LogP contribution in [0.15, 0.2) is 36.7 Å². The fourth-order valence-electron chi connectivity index (χ4n) is 4.17. The van der Waals surface area contributed by atoms with E-state index in [4.69, 9.17) is 14.2 Å². The molecule has 3 unspecified atom stereocenters. The van der Waals surface area contributed by atoms with Crippen LogP contribution in [0.25, 0.3) is 0 Å². The minimum Gasteiger partial charge on any atom is -0.469 e. The van der Waals surface area contributed by atoms with E-state index in [-0.39, 0.29) is 38.0 Å². The Balaban J connectivity index is 0.000000247. The summed E-state index contributed by atoms with van der Waals surface area (Å²) >= 11 is 3.36. The fourth-order valence-corrected chi connectivity index (χ4v) is 4.75. The average molecular weight is 566 g/mol. The fraction of sp³-hybridized carbons (Fsp3) is 0.556. The molecule has 2 saturated heterocycles. The Labute approximate surface area is 222 Å². The normalized spacial score (nSPS) is 20.1. The smallest absolute Gasteiger partial charge is 0.324 e. The molecule has 2 fully saturated rings. The van der Waals surface area contributed by atoms with Gasteiger partial charge in [-0.1, -0.05) is 35.5 Å². The van der Waals surface area contributed by atoms with Crippen molar-refractivity contribution in [2.45, 2.75) is 69.4 Å². The monoisotopic (exact) mass is 564 g/mol. The molecule has 2 aromatic rings. The van der Waals surface area contributed by atoms with E-state index in [0.29, 0.717) is 0 Å². The standard InChI is InChI=1S/C13H16BrNO3.C13H17NO3.CH4/c1-17-13(16)11(14)9-5-4-7-15-12(9)10-6-2-3-8-18-10;1-16-12(15)9-10-5-4-7-14-13(10)11-6-2-3-8-17-11;/h4-5,7,10-11H,2-3,6,8H2,1H3;4-5,7,11H,2-3,6,8-9H2,1H3;1H4. The van der Waals surface area contributed by atoms with E-state index >= 15 is 0 Å². The van der Waals surface area contributed by atoms with Crippen molar-refractivity contribution in [2.24, 2.45) is 0 Å². The Kier molecular flexibility index (Phi) is 13.0. The summed E-state index contributed by atoms with van der Waals surface area (Å²) in [5, 5.41) is 0. The first kappa shape index (κ1) is 29.9. The molecular formula is C27H37BrN2O6. The number of alkyl halides is 1. The van der Waals surface area contributed by atoms with Crippen LogP contribution >= 0.6 is 15.9 Å². The molecule has 3 atom stereocenters. The number of hydrogen-bond acceptors (Lipinski definition) is 8. The maximum absolute atomic E-state index is 11.6. The molecule has 0 saturated carbocycles. The predicted molar refractivity (Wildman–Crippen MR) is 140 cm³/mol. The van der Waals surface area contributed by atoms with Gasteiger partial charge in [0.15, 0.2) is 0 Å². The minimum atomic E-state index is -0.489. The number of hydrogen-bond donors (Lipinski definition) is 0. The lowest BCUT2D eigenvalue weighted by molar-refractivity contribution is -0.140. The third-order valence-corrected chi connectivity index (χ3v) is 6.88.